The Hall–Kier alpha value is -2.08. The molecule has 1 heterocycles. The van der Waals surface area contributed by atoms with Gasteiger partial charge < -0.3 is 20.1 Å². The standard InChI is InChI=1S/C17H24N2O4/c1-3-23-15-6-4-13(5-7-15)17(22)18-8-16(21)19-9-12(2)14(10-19)11-20/h4-7,12,14,20H,3,8-11H2,1-2H3,(H,18,22)/t12-,14+/m1/s1. The molecule has 1 aliphatic rings. The predicted molar refractivity (Wildman–Crippen MR) is 86.3 cm³/mol. The predicted octanol–water partition coefficient (Wildman–Crippen LogP) is 0.902. The first-order valence-electron chi connectivity index (χ1n) is 7.94. The molecule has 1 fully saturated rings. The van der Waals surface area contributed by atoms with E-state index in [1.54, 1.807) is 29.2 Å². The SMILES string of the molecule is CCOc1ccc(C(=O)NCC(=O)N2C[C@@H](CO)[C@H](C)C2)cc1. The summed E-state index contributed by atoms with van der Waals surface area (Å²) in [5.74, 6) is 0.715. The number of amides is 2. The fourth-order valence-corrected chi connectivity index (χ4v) is 2.71. The molecule has 23 heavy (non-hydrogen) atoms. The van der Waals surface area contributed by atoms with Crippen molar-refractivity contribution in [1.82, 2.24) is 10.2 Å². The van der Waals surface area contributed by atoms with E-state index in [4.69, 9.17) is 4.74 Å². The van der Waals surface area contributed by atoms with Crippen molar-refractivity contribution < 1.29 is 19.4 Å². The van der Waals surface area contributed by atoms with Gasteiger partial charge in [0.2, 0.25) is 5.91 Å². The molecule has 1 aromatic rings. The third kappa shape index (κ3) is 4.45. The molecule has 0 unspecified atom stereocenters. The van der Waals surface area contributed by atoms with Crippen LogP contribution in [0.15, 0.2) is 24.3 Å². The average Bonchev–Trinajstić information content (AvgIpc) is 2.94. The second-order valence-electron chi connectivity index (χ2n) is 5.86. The summed E-state index contributed by atoms with van der Waals surface area (Å²) in [4.78, 5) is 25.9. The number of carbonyl (C=O) groups excluding carboxylic acids is 2. The van der Waals surface area contributed by atoms with Crippen molar-refractivity contribution in [3.63, 3.8) is 0 Å². The minimum atomic E-state index is -0.285. The van der Waals surface area contributed by atoms with Crippen molar-refractivity contribution in [3.8, 4) is 5.75 Å². The Kier molecular flexibility index (Phi) is 5.98. The molecule has 1 saturated heterocycles. The molecule has 6 heteroatoms. The lowest BCUT2D eigenvalue weighted by Crippen LogP contribution is -2.39. The van der Waals surface area contributed by atoms with Gasteiger partial charge in [0.1, 0.15) is 5.75 Å². The summed E-state index contributed by atoms with van der Waals surface area (Å²) in [6.45, 7) is 5.72. The van der Waals surface area contributed by atoms with E-state index in [1.807, 2.05) is 13.8 Å². The molecule has 0 bridgehead atoms. The first-order valence-corrected chi connectivity index (χ1v) is 7.94. The normalized spacial score (nSPS) is 20.4. The van der Waals surface area contributed by atoms with Gasteiger partial charge in [-0.3, -0.25) is 9.59 Å². The number of likely N-dealkylation sites (tertiary alicyclic amines) is 1. The van der Waals surface area contributed by atoms with E-state index in [9.17, 15) is 14.7 Å². The lowest BCUT2D eigenvalue weighted by molar-refractivity contribution is -0.129. The van der Waals surface area contributed by atoms with Crippen LogP contribution in [0.2, 0.25) is 0 Å². The Balaban J connectivity index is 1.83. The number of nitrogens with zero attached hydrogens (tertiary/aromatic N) is 1. The largest absolute Gasteiger partial charge is 0.494 e. The third-order valence-electron chi connectivity index (χ3n) is 4.18. The zero-order chi connectivity index (χ0) is 16.8. The molecular formula is C17H24N2O4. The summed E-state index contributed by atoms with van der Waals surface area (Å²) >= 11 is 0. The molecule has 0 spiro atoms. The molecule has 2 atom stereocenters. The molecule has 0 aliphatic carbocycles. The van der Waals surface area contributed by atoms with Gasteiger partial charge in [-0.25, -0.2) is 0 Å². The van der Waals surface area contributed by atoms with Crippen molar-refractivity contribution in [2.24, 2.45) is 11.8 Å². The van der Waals surface area contributed by atoms with Gasteiger partial charge in [-0.2, -0.15) is 0 Å². The van der Waals surface area contributed by atoms with Crippen LogP contribution in [0, 0.1) is 11.8 Å². The van der Waals surface area contributed by atoms with Gasteiger partial charge in [0, 0.05) is 31.2 Å². The molecule has 1 aromatic carbocycles. The van der Waals surface area contributed by atoms with Crippen LogP contribution in [0.4, 0.5) is 0 Å². The zero-order valence-electron chi connectivity index (χ0n) is 13.6. The molecule has 2 N–H and O–H groups in total. The van der Waals surface area contributed by atoms with Gasteiger partial charge in [-0.15, -0.1) is 0 Å². The molecule has 2 rings (SSSR count). The van der Waals surface area contributed by atoms with Crippen molar-refractivity contribution in [2.75, 3.05) is 32.8 Å². The molecular weight excluding hydrogens is 296 g/mol. The minimum absolute atomic E-state index is 0.0308. The van der Waals surface area contributed by atoms with E-state index in [0.717, 1.165) is 0 Å². The van der Waals surface area contributed by atoms with Crippen LogP contribution in [-0.2, 0) is 4.79 Å². The number of aliphatic hydroxyl groups is 1. The summed E-state index contributed by atoms with van der Waals surface area (Å²) in [6, 6.07) is 6.80. The summed E-state index contributed by atoms with van der Waals surface area (Å²) in [6.07, 6.45) is 0. The monoisotopic (exact) mass is 320 g/mol. The van der Waals surface area contributed by atoms with E-state index >= 15 is 0 Å². The average molecular weight is 320 g/mol. The van der Waals surface area contributed by atoms with Gasteiger partial charge in [0.05, 0.1) is 13.2 Å². The Morgan fingerprint density at radius 2 is 2.00 bits per heavy atom. The number of carbonyl (C=O) groups is 2. The van der Waals surface area contributed by atoms with Gasteiger partial charge in [0.15, 0.2) is 0 Å². The van der Waals surface area contributed by atoms with Crippen LogP contribution < -0.4 is 10.1 Å². The van der Waals surface area contributed by atoms with Crippen LogP contribution in [0.3, 0.4) is 0 Å². The number of rotatable bonds is 6. The zero-order valence-corrected chi connectivity index (χ0v) is 13.6. The van der Waals surface area contributed by atoms with Crippen molar-refractivity contribution >= 4 is 11.8 Å². The third-order valence-corrected chi connectivity index (χ3v) is 4.18. The second kappa shape index (κ2) is 7.97. The lowest BCUT2D eigenvalue weighted by Gasteiger charge is -2.16. The van der Waals surface area contributed by atoms with Gasteiger partial charge in [0.25, 0.3) is 5.91 Å². The van der Waals surface area contributed by atoms with E-state index in [2.05, 4.69) is 5.32 Å². The number of aliphatic hydroxyl groups excluding tert-OH is 1. The maximum Gasteiger partial charge on any atom is 0.251 e. The smallest absolute Gasteiger partial charge is 0.251 e. The number of hydrogen-bond acceptors (Lipinski definition) is 4. The maximum atomic E-state index is 12.1. The van der Waals surface area contributed by atoms with Gasteiger partial charge in [-0.05, 0) is 37.1 Å². The Labute approximate surface area is 136 Å². The highest BCUT2D eigenvalue weighted by Crippen LogP contribution is 2.22. The molecule has 6 nitrogen and oxygen atoms in total. The van der Waals surface area contributed by atoms with E-state index in [1.165, 1.54) is 0 Å². The summed E-state index contributed by atoms with van der Waals surface area (Å²) in [5.41, 5.74) is 0.490. The topological polar surface area (TPSA) is 78.9 Å². The number of hydrogen-bond donors (Lipinski definition) is 2. The summed E-state index contributed by atoms with van der Waals surface area (Å²) in [7, 11) is 0. The molecule has 2 amide bonds. The molecule has 0 saturated carbocycles. The van der Waals surface area contributed by atoms with Crippen molar-refractivity contribution in [2.45, 2.75) is 13.8 Å². The number of ether oxygens (including phenoxy) is 1. The Bertz CT molecular complexity index is 544. The summed E-state index contributed by atoms with van der Waals surface area (Å²) < 4.78 is 5.32. The molecule has 126 valence electrons. The highest BCUT2D eigenvalue weighted by atomic mass is 16.5. The fourth-order valence-electron chi connectivity index (χ4n) is 2.71. The van der Waals surface area contributed by atoms with E-state index < -0.39 is 0 Å². The first kappa shape index (κ1) is 17.3. The number of nitrogens with one attached hydrogen (secondary N) is 1. The minimum Gasteiger partial charge on any atom is -0.494 e. The fraction of sp³-hybridized carbons (Fsp3) is 0.529. The molecule has 0 aromatic heterocycles. The molecule has 0 radical (unpaired) electrons. The molecule has 1 aliphatic heterocycles. The van der Waals surface area contributed by atoms with Crippen molar-refractivity contribution in [1.29, 1.82) is 0 Å². The summed E-state index contributed by atoms with van der Waals surface area (Å²) in [5, 5.41) is 11.9. The quantitative estimate of drug-likeness (QED) is 0.816. The van der Waals surface area contributed by atoms with Crippen LogP contribution in [0.1, 0.15) is 24.2 Å². The number of benzene rings is 1. The first-order chi connectivity index (χ1) is 11.0. The van der Waals surface area contributed by atoms with Crippen LogP contribution in [0.25, 0.3) is 0 Å². The highest BCUT2D eigenvalue weighted by molar-refractivity contribution is 5.96. The van der Waals surface area contributed by atoms with Gasteiger partial charge in [-0.1, -0.05) is 6.92 Å². The lowest BCUT2D eigenvalue weighted by atomic mass is 10.00. The highest BCUT2D eigenvalue weighted by Gasteiger charge is 2.31. The van der Waals surface area contributed by atoms with Crippen LogP contribution in [-0.4, -0.2) is 54.7 Å². The second-order valence-corrected chi connectivity index (χ2v) is 5.86. The van der Waals surface area contributed by atoms with Crippen LogP contribution in [0.5, 0.6) is 5.75 Å². The maximum absolute atomic E-state index is 12.1. The van der Waals surface area contributed by atoms with E-state index in [0.29, 0.717) is 31.0 Å². The Morgan fingerprint density at radius 1 is 1.30 bits per heavy atom. The van der Waals surface area contributed by atoms with E-state index in [-0.39, 0.29) is 36.8 Å². The van der Waals surface area contributed by atoms with Crippen molar-refractivity contribution in [3.05, 3.63) is 29.8 Å². The Morgan fingerprint density at radius 3 is 2.57 bits per heavy atom. The van der Waals surface area contributed by atoms with Crippen LogP contribution >= 0.6 is 0 Å². The van der Waals surface area contributed by atoms with Gasteiger partial charge >= 0.3 is 0 Å².